The van der Waals surface area contributed by atoms with E-state index in [0.717, 1.165) is 31.7 Å². The summed E-state index contributed by atoms with van der Waals surface area (Å²) in [5, 5.41) is 8.33. The maximum absolute atomic E-state index is 5.40. The summed E-state index contributed by atoms with van der Waals surface area (Å²) < 4.78 is 7.45. The molecule has 1 fully saturated rings. The maximum atomic E-state index is 5.40. The molecule has 2 heterocycles. The van der Waals surface area contributed by atoms with E-state index in [0.29, 0.717) is 6.04 Å². The van der Waals surface area contributed by atoms with Crippen molar-refractivity contribution in [3.63, 3.8) is 0 Å². The van der Waals surface area contributed by atoms with Gasteiger partial charge in [0.2, 0.25) is 0 Å². The number of aromatic nitrogens is 3. The van der Waals surface area contributed by atoms with Gasteiger partial charge in [-0.1, -0.05) is 29.0 Å². The van der Waals surface area contributed by atoms with Crippen molar-refractivity contribution in [3.8, 4) is 11.3 Å². The second kappa shape index (κ2) is 4.90. The van der Waals surface area contributed by atoms with E-state index in [9.17, 15) is 0 Å². The Kier molecular flexibility index (Phi) is 3.11. The van der Waals surface area contributed by atoms with E-state index in [2.05, 4.69) is 46.2 Å². The molecule has 94 valence electrons. The molecule has 1 aromatic carbocycles. The quantitative estimate of drug-likeness (QED) is 0.814. The molecule has 0 bridgehead atoms. The predicted molar refractivity (Wildman–Crippen MR) is 69.3 cm³/mol. The smallest absolute Gasteiger partial charge is 0.0888 e. The van der Waals surface area contributed by atoms with Crippen LogP contribution < -0.4 is 0 Å². The topological polar surface area (TPSA) is 39.9 Å². The maximum Gasteiger partial charge on any atom is 0.0888 e. The van der Waals surface area contributed by atoms with Gasteiger partial charge in [-0.2, -0.15) is 0 Å². The molecule has 3 rings (SSSR count). The van der Waals surface area contributed by atoms with Gasteiger partial charge in [-0.15, -0.1) is 5.10 Å². The van der Waals surface area contributed by atoms with E-state index in [4.69, 9.17) is 4.74 Å². The second-order valence-corrected chi connectivity index (χ2v) is 4.78. The van der Waals surface area contributed by atoms with Crippen molar-refractivity contribution in [1.82, 2.24) is 15.0 Å². The number of aryl methyl sites for hydroxylation is 1. The van der Waals surface area contributed by atoms with Crippen LogP contribution >= 0.6 is 0 Å². The summed E-state index contributed by atoms with van der Waals surface area (Å²) in [6.07, 6.45) is 3.88. The zero-order valence-corrected chi connectivity index (χ0v) is 10.5. The van der Waals surface area contributed by atoms with Gasteiger partial charge >= 0.3 is 0 Å². The van der Waals surface area contributed by atoms with Crippen molar-refractivity contribution in [3.05, 3.63) is 36.0 Å². The lowest BCUT2D eigenvalue weighted by Gasteiger charge is -2.23. The Morgan fingerprint density at radius 2 is 2.11 bits per heavy atom. The fourth-order valence-electron chi connectivity index (χ4n) is 2.45. The number of hydrogen-bond donors (Lipinski definition) is 0. The fourth-order valence-corrected chi connectivity index (χ4v) is 2.45. The molecule has 18 heavy (non-hydrogen) atoms. The Morgan fingerprint density at radius 3 is 2.89 bits per heavy atom. The summed E-state index contributed by atoms with van der Waals surface area (Å²) in [4.78, 5) is 0. The van der Waals surface area contributed by atoms with Crippen molar-refractivity contribution in [2.24, 2.45) is 0 Å². The van der Waals surface area contributed by atoms with Gasteiger partial charge in [0.15, 0.2) is 0 Å². The number of hydrogen-bond acceptors (Lipinski definition) is 3. The highest BCUT2D eigenvalue weighted by Gasteiger charge is 2.19. The zero-order chi connectivity index (χ0) is 12.4. The van der Waals surface area contributed by atoms with E-state index in [-0.39, 0.29) is 0 Å². The van der Waals surface area contributed by atoms with Crippen LogP contribution in [0.1, 0.15) is 24.4 Å². The monoisotopic (exact) mass is 243 g/mol. The second-order valence-electron chi connectivity index (χ2n) is 4.78. The Hall–Kier alpha value is -1.68. The van der Waals surface area contributed by atoms with E-state index < -0.39 is 0 Å². The van der Waals surface area contributed by atoms with E-state index in [1.54, 1.807) is 0 Å². The van der Waals surface area contributed by atoms with E-state index in [1.165, 1.54) is 11.1 Å². The summed E-state index contributed by atoms with van der Waals surface area (Å²) >= 11 is 0. The summed E-state index contributed by atoms with van der Waals surface area (Å²) in [6, 6.07) is 8.88. The van der Waals surface area contributed by atoms with Gasteiger partial charge in [-0.05, 0) is 25.8 Å². The van der Waals surface area contributed by atoms with Crippen LogP contribution in [0, 0.1) is 6.92 Å². The molecule has 1 aliphatic heterocycles. The molecule has 0 unspecified atom stereocenters. The number of nitrogens with zero attached hydrogens (tertiary/aromatic N) is 3. The van der Waals surface area contributed by atoms with Crippen molar-refractivity contribution < 1.29 is 4.74 Å². The predicted octanol–water partition coefficient (Wildman–Crippen LogP) is 2.61. The summed E-state index contributed by atoms with van der Waals surface area (Å²) in [5.74, 6) is 0. The first kappa shape index (κ1) is 11.4. The molecule has 4 nitrogen and oxygen atoms in total. The molecule has 1 aromatic heterocycles. The summed E-state index contributed by atoms with van der Waals surface area (Å²) in [6.45, 7) is 3.74. The van der Waals surface area contributed by atoms with Crippen LogP contribution in [0.4, 0.5) is 0 Å². The molecule has 0 aliphatic carbocycles. The SMILES string of the molecule is Cc1cccc(-c2cnnn2C2CCOCC2)c1. The van der Waals surface area contributed by atoms with E-state index >= 15 is 0 Å². The number of rotatable bonds is 2. The zero-order valence-electron chi connectivity index (χ0n) is 10.5. The summed E-state index contributed by atoms with van der Waals surface area (Å²) in [5.41, 5.74) is 3.55. The normalized spacial score (nSPS) is 16.9. The molecule has 0 radical (unpaired) electrons. The lowest BCUT2D eigenvalue weighted by atomic mass is 10.1. The van der Waals surface area contributed by atoms with Gasteiger partial charge in [-0.25, -0.2) is 4.68 Å². The molecule has 0 atom stereocenters. The van der Waals surface area contributed by atoms with Gasteiger partial charge in [0.25, 0.3) is 0 Å². The Balaban J connectivity index is 1.95. The van der Waals surface area contributed by atoms with Crippen LogP contribution in [0.25, 0.3) is 11.3 Å². The Bertz CT molecular complexity index is 529. The van der Waals surface area contributed by atoms with Crippen molar-refractivity contribution in [1.29, 1.82) is 0 Å². The highest BCUT2D eigenvalue weighted by molar-refractivity contribution is 5.59. The molecular formula is C14H17N3O. The summed E-state index contributed by atoms with van der Waals surface area (Å²) in [7, 11) is 0. The Morgan fingerprint density at radius 1 is 1.28 bits per heavy atom. The third-order valence-electron chi connectivity index (χ3n) is 3.43. The van der Waals surface area contributed by atoms with Crippen LogP contribution in [-0.2, 0) is 4.74 Å². The molecule has 2 aromatic rings. The molecule has 1 saturated heterocycles. The van der Waals surface area contributed by atoms with Gasteiger partial charge in [0.05, 0.1) is 17.9 Å². The average molecular weight is 243 g/mol. The van der Waals surface area contributed by atoms with Crippen LogP contribution in [0.15, 0.2) is 30.5 Å². The van der Waals surface area contributed by atoms with Gasteiger partial charge in [-0.3, -0.25) is 0 Å². The first-order valence-corrected chi connectivity index (χ1v) is 6.39. The fraction of sp³-hybridized carbons (Fsp3) is 0.429. The van der Waals surface area contributed by atoms with Crippen molar-refractivity contribution in [2.45, 2.75) is 25.8 Å². The molecular weight excluding hydrogens is 226 g/mol. The Labute approximate surface area is 107 Å². The van der Waals surface area contributed by atoms with Crippen molar-refractivity contribution >= 4 is 0 Å². The van der Waals surface area contributed by atoms with Crippen LogP contribution in [0.3, 0.4) is 0 Å². The number of ether oxygens (including phenoxy) is 1. The van der Waals surface area contributed by atoms with Crippen LogP contribution in [0.2, 0.25) is 0 Å². The molecule has 4 heteroatoms. The molecule has 0 N–H and O–H groups in total. The van der Waals surface area contributed by atoms with Crippen LogP contribution in [0.5, 0.6) is 0 Å². The van der Waals surface area contributed by atoms with E-state index in [1.807, 2.05) is 6.20 Å². The third kappa shape index (κ3) is 2.16. The van der Waals surface area contributed by atoms with Crippen molar-refractivity contribution in [2.75, 3.05) is 13.2 Å². The molecule has 1 aliphatic rings. The lowest BCUT2D eigenvalue weighted by Crippen LogP contribution is -2.21. The largest absolute Gasteiger partial charge is 0.381 e. The highest BCUT2D eigenvalue weighted by atomic mass is 16.5. The molecule has 0 saturated carbocycles. The minimum absolute atomic E-state index is 0.414. The van der Waals surface area contributed by atoms with Gasteiger partial charge in [0.1, 0.15) is 0 Å². The van der Waals surface area contributed by atoms with Gasteiger partial charge in [0, 0.05) is 18.8 Å². The number of benzene rings is 1. The minimum Gasteiger partial charge on any atom is -0.381 e. The average Bonchev–Trinajstić information content (AvgIpc) is 2.89. The first-order chi connectivity index (χ1) is 8.84. The molecule has 0 spiro atoms. The standard InChI is InChI=1S/C14H17N3O/c1-11-3-2-4-12(9-11)14-10-15-16-17(14)13-5-7-18-8-6-13/h2-4,9-10,13H,5-8H2,1H3. The van der Waals surface area contributed by atoms with Gasteiger partial charge < -0.3 is 4.74 Å². The molecule has 0 amide bonds. The first-order valence-electron chi connectivity index (χ1n) is 6.39. The lowest BCUT2D eigenvalue weighted by molar-refractivity contribution is 0.0662. The third-order valence-corrected chi connectivity index (χ3v) is 3.43. The highest BCUT2D eigenvalue weighted by Crippen LogP contribution is 2.27. The van der Waals surface area contributed by atoms with Crippen LogP contribution in [-0.4, -0.2) is 28.2 Å². The minimum atomic E-state index is 0.414.